The minimum Gasteiger partial charge on any atom is -0.254 e. The van der Waals surface area contributed by atoms with E-state index < -0.39 is 22.4 Å². The van der Waals surface area contributed by atoms with Crippen LogP contribution in [0.1, 0.15) is 5.56 Å². The fourth-order valence-electron chi connectivity index (χ4n) is 0.961. The van der Waals surface area contributed by atoms with Crippen LogP contribution in [0.15, 0.2) is 17.0 Å². The van der Waals surface area contributed by atoms with Crippen LogP contribution < -0.4 is 0 Å². The summed E-state index contributed by atoms with van der Waals surface area (Å²) < 4.78 is 36.7. The highest BCUT2D eigenvalue weighted by Crippen LogP contribution is 2.17. The lowest BCUT2D eigenvalue weighted by Gasteiger charge is -2.01. The zero-order valence-electron chi connectivity index (χ0n) is 6.73. The van der Waals surface area contributed by atoms with E-state index in [4.69, 9.17) is 0 Å². The molecule has 66 valence electrons. The van der Waals surface area contributed by atoms with Gasteiger partial charge in [-0.2, -0.15) is 0 Å². The van der Waals surface area contributed by atoms with Crippen LogP contribution in [0.5, 0.6) is 0 Å². The summed E-state index contributed by atoms with van der Waals surface area (Å²) in [6.07, 6.45) is 1.25. The van der Waals surface area contributed by atoms with Crippen molar-refractivity contribution < 1.29 is 13.0 Å². The van der Waals surface area contributed by atoms with Crippen LogP contribution in [-0.4, -0.2) is 10.5 Å². The van der Waals surface area contributed by atoms with Gasteiger partial charge in [0.1, 0.15) is 16.5 Å². The number of hydrogen-bond acceptors (Lipinski definition) is 1. The summed E-state index contributed by atoms with van der Waals surface area (Å²) in [5.41, 5.74) is 0.485. The van der Waals surface area contributed by atoms with E-state index in [0.717, 1.165) is 0 Å². The van der Waals surface area contributed by atoms with Gasteiger partial charge in [-0.15, -0.1) is 0 Å². The van der Waals surface area contributed by atoms with Crippen molar-refractivity contribution in [1.29, 1.82) is 0 Å². The number of benzene rings is 1. The van der Waals surface area contributed by atoms with Crippen LogP contribution in [0.3, 0.4) is 0 Å². The molecule has 0 heterocycles. The van der Waals surface area contributed by atoms with E-state index in [1.165, 1.54) is 18.4 Å². The molecular formula is C8H8F2OS. The lowest BCUT2D eigenvalue weighted by Crippen LogP contribution is -1.98. The predicted octanol–water partition coefficient (Wildman–Crippen LogP) is 2.01. The van der Waals surface area contributed by atoms with E-state index in [9.17, 15) is 13.0 Å². The quantitative estimate of drug-likeness (QED) is 0.662. The predicted molar refractivity (Wildman–Crippen MR) is 43.4 cm³/mol. The first-order chi connectivity index (χ1) is 5.52. The van der Waals surface area contributed by atoms with Crippen molar-refractivity contribution in [1.82, 2.24) is 0 Å². The Morgan fingerprint density at radius 2 is 1.67 bits per heavy atom. The van der Waals surface area contributed by atoms with Crippen molar-refractivity contribution in [2.75, 3.05) is 6.26 Å². The van der Waals surface area contributed by atoms with Crippen molar-refractivity contribution >= 4 is 10.8 Å². The molecule has 0 radical (unpaired) electrons. The lowest BCUT2D eigenvalue weighted by atomic mass is 10.2. The molecule has 4 heteroatoms. The highest BCUT2D eigenvalue weighted by atomic mass is 32.2. The molecule has 0 saturated carbocycles. The van der Waals surface area contributed by atoms with Gasteiger partial charge in [0, 0.05) is 6.26 Å². The van der Waals surface area contributed by atoms with Crippen molar-refractivity contribution in [3.05, 3.63) is 29.3 Å². The first-order valence-corrected chi connectivity index (χ1v) is 4.87. The molecule has 1 rings (SSSR count). The van der Waals surface area contributed by atoms with E-state index in [2.05, 4.69) is 0 Å². The molecule has 1 aromatic carbocycles. The van der Waals surface area contributed by atoms with Gasteiger partial charge < -0.3 is 0 Å². The van der Waals surface area contributed by atoms with Crippen LogP contribution in [-0.2, 0) is 10.8 Å². The number of rotatable bonds is 1. The van der Waals surface area contributed by atoms with Gasteiger partial charge in [-0.05, 0) is 24.6 Å². The molecule has 1 unspecified atom stereocenters. The summed E-state index contributed by atoms with van der Waals surface area (Å²) in [4.78, 5) is -0.347. The molecule has 0 aliphatic carbocycles. The SMILES string of the molecule is Cc1cc(F)c(S(C)=O)c(F)c1. The normalized spacial score (nSPS) is 13.0. The average molecular weight is 190 g/mol. The first-order valence-electron chi connectivity index (χ1n) is 3.31. The molecule has 0 N–H and O–H groups in total. The summed E-state index contributed by atoms with van der Waals surface area (Å²) in [5.74, 6) is -1.48. The second kappa shape index (κ2) is 3.31. The molecule has 0 aliphatic rings. The zero-order chi connectivity index (χ0) is 9.30. The first kappa shape index (κ1) is 9.32. The molecule has 1 nitrogen and oxygen atoms in total. The summed E-state index contributed by atoms with van der Waals surface area (Å²) in [5, 5.41) is 0. The Labute approximate surface area is 71.9 Å². The standard InChI is InChI=1S/C8H8F2OS/c1-5-3-6(9)8(12(2)11)7(10)4-5/h3-4H,1-2H3. The van der Waals surface area contributed by atoms with Gasteiger partial charge in [0.2, 0.25) is 0 Å². The summed E-state index contributed by atoms with van der Waals surface area (Å²) in [6, 6.07) is 2.33. The molecule has 0 bridgehead atoms. The molecule has 0 spiro atoms. The van der Waals surface area contributed by atoms with Crippen LogP contribution in [0.25, 0.3) is 0 Å². The van der Waals surface area contributed by atoms with Gasteiger partial charge in [-0.25, -0.2) is 8.78 Å². The van der Waals surface area contributed by atoms with Gasteiger partial charge in [-0.3, -0.25) is 4.21 Å². The Kier molecular flexibility index (Phi) is 2.57. The summed E-state index contributed by atoms with van der Waals surface area (Å²) in [6.45, 7) is 1.58. The van der Waals surface area contributed by atoms with Gasteiger partial charge >= 0.3 is 0 Å². The van der Waals surface area contributed by atoms with E-state index in [1.807, 2.05) is 0 Å². The molecular weight excluding hydrogens is 182 g/mol. The molecule has 0 fully saturated rings. The molecule has 1 atom stereocenters. The fraction of sp³-hybridized carbons (Fsp3) is 0.250. The molecule has 1 aromatic rings. The van der Waals surface area contributed by atoms with Crippen LogP contribution in [0, 0.1) is 18.6 Å². The summed E-state index contributed by atoms with van der Waals surface area (Å²) in [7, 11) is -1.61. The third-order valence-corrected chi connectivity index (χ3v) is 2.39. The van der Waals surface area contributed by atoms with Crippen molar-refractivity contribution in [3.8, 4) is 0 Å². The Balaban J connectivity index is 3.38. The number of hydrogen-bond donors (Lipinski definition) is 0. The Bertz CT molecular complexity index is 313. The molecule has 0 saturated heterocycles. The maximum absolute atomic E-state index is 12.9. The maximum atomic E-state index is 12.9. The smallest absolute Gasteiger partial charge is 0.142 e. The number of halogens is 2. The van der Waals surface area contributed by atoms with Gasteiger partial charge in [0.25, 0.3) is 0 Å². The largest absolute Gasteiger partial charge is 0.254 e. The second-order valence-electron chi connectivity index (χ2n) is 2.51. The Morgan fingerprint density at radius 3 is 2.00 bits per heavy atom. The Morgan fingerprint density at radius 1 is 1.25 bits per heavy atom. The molecule has 0 amide bonds. The van der Waals surface area contributed by atoms with E-state index in [0.29, 0.717) is 5.56 Å². The Hall–Kier alpha value is -0.770. The van der Waals surface area contributed by atoms with Crippen molar-refractivity contribution in [2.24, 2.45) is 0 Å². The molecule has 0 aromatic heterocycles. The average Bonchev–Trinajstić information content (AvgIpc) is 1.82. The van der Waals surface area contributed by atoms with Gasteiger partial charge in [0.15, 0.2) is 0 Å². The van der Waals surface area contributed by atoms with Gasteiger partial charge in [0.05, 0.1) is 10.8 Å². The zero-order valence-corrected chi connectivity index (χ0v) is 7.54. The van der Waals surface area contributed by atoms with Crippen molar-refractivity contribution in [3.63, 3.8) is 0 Å². The van der Waals surface area contributed by atoms with E-state index in [-0.39, 0.29) is 4.90 Å². The topological polar surface area (TPSA) is 17.1 Å². The van der Waals surface area contributed by atoms with Crippen molar-refractivity contribution in [2.45, 2.75) is 11.8 Å². The van der Waals surface area contributed by atoms with E-state index >= 15 is 0 Å². The van der Waals surface area contributed by atoms with Crippen LogP contribution in [0.4, 0.5) is 8.78 Å². The second-order valence-corrected chi connectivity index (χ2v) is 3.83. The minimum atomic E-state index is -1.61. The molecule has 0 aliphatic heterocycles. The third kappa shape index (κ3) is 1.69. The third-order valence-electron chi connectivity index (χ3n) is 1.43. The monoisotopic (exact) mass is 190 g/mol. The van der Waals surface area contributed by atoms with Crippen LogP contribution >= 0.6 is 0 Å². The maximum Gasteiger partial charge on any atom is 0.142 e. The number of aryl methyl sites for hydroxylation is 1. The van der Waals surface area contributed by atoms with Crippen LogP contribution in [0.2, 0.25) is 0 Å². The lowest BCUT2D eigenvalue weighted by molar-refractivity contribution is 0.533. The highest BCUT2D eigenvalue weighted by Gasteiger charge is 2.12. The fourth-order valence-corrected chi connectivity index (χ4v) is 1.63. The molecule has 12 heavy (non-hydrogen) atoms. The summed E-state index contributed by atoms with van der Waals surface area (Å²) >= 11 is 0. The minimum absolute atomic E-state index is 0.347. The van der Waals surface area contributed by atoms with E-state index in [1.54, 1.807) is 6.92 Å². The highest BCUT2D eigenvalue weighted by molar-refractivity contribution is 7.84. The van der Waals surface area contributed by atoms with Gasteiger partial charge in [-0.1, -0.05) is 0 Å².